The molecule has 0 aromatic rings. The average molecular weight is 409 g/mol. The van der Waals surface area contributed by atoms with E-state index in [1.807, 2.05) is 19.9 Å². The molecule has 154 valence electrons. The van der Waals surface area contributed by atoms with Crippen molar-refractivity contribution < 1.29 is 24.9 Å². The molecular formula is C22H29ClO5. The Morgan fingerprint density at radius 1 is 1.32 bits per heavy atom. The number of hydrogen-bond acceptors (Lipinski definition) is 5. The molecule has 4 rings (SSSR count). The van der Waals surface area contributed by atoms with E-state index in [4.69, 9.17) is 11.6 Å². The van der Waals surface area contributed by atoms with Gasteiger partial charge in [-0.2, -0.15) is 0 Å². The number of allylic oxidation sites excluding steroid dienone is 4. The highest BCUT2D eigenvalue weighted by Crippen LogP contribution is 2.71. The Balaban J connectivity index is 1.84. The Labute approximate surface area is 170 Å². The first-order chi connectivity index (χ1) is 13.0. The minimum absolute atomic E-state index is 0.0549. The molecule has 28 heavy (non-hydrogen) atoms. The largest absolute Gasteiger partial charge is 0.391 e. The first-order valence-corrected chi connectivity index (χ1v) is 10.5. The topological polar surface area (TPSA) is 94.8 Å². The summed E-state index contributed by atoms with van der Waals surface area (Å²) in [5.41, 5.74) is -2.22. The molecule has 0 saturated heterocycles. The fourth-order valence-electron chi connectivity index (χ4n) is 7.19. The molecular weight excluding hydrogens is 380 g/mol. The number of carbonyl (C=O) groups excluding carboxylic acids is 2. The number of alkyl halides is 1. The van der Waals surface area contributed by atoms with Crippen LogP contribution in [0.5, 0.6) is 0 Å². The molecule has 0 amide bonds. The summed E-state index contributed by atoms with van der Waals surface area (Å²) in [6, 6.07) is 0. The van der Waals surface area contributed by atoms with E-state index in [2.05, 4.69) is 6.92 Å². The lowest BCUT2D eigenvalue weighted by atomic mass is 9.44. The number of fused-ring (bicyclic) bond motifs is 5. The van der Waals surface area contributed by atoms with Crippen molar-refractivity contribution in [3.05, 3.63) is 23.8 Å². The van der Waals surface area contributed by atoms with E-state index in [0.717, 1.165) is 5.57 Å². The molecule has 3 fully saturated rings. The lowest BCUT2D eigenvalue weighted by Gasteiger charge is -2.65. The van der Waals surface area contributed by atoms with Gasteiger partial charge in [0.1, 0.15) is 12.2 Å². The van der Waals surface area contributed by atoms with Crippen LogP contribution in [0.25, 0.3) is 0 Å². The van der Waals surface area contributed by atoms with Crippen molar-refractivity contribution in [2.24, 2.45) is 28.6 Å². The second-order valence-electron chi connectivity index (χ2n) is 9.77. The van der Waals surface area contributed by atoms with E-state index in [0.29, 0.717) is 12.8 Å². The summed E-state index contributed by atoms with van der Waals surface area (Å²) >= 11 is 7.32. The third-order valence-electron chi connectivity index (χ3n) is 8.73. The van der Waals surface area contributed by atoms with E-state index in [1.54, 1.807) is 6.08 Å². The SMILES string of the molecule is CC1C[C@H]2[C@@H]3CC[C@](O)(C(=O)CO)[C@@]3(C)CC(O)[C@]2(Cl)[C@@]2(C)C=CC(=O)C=C12. The van der Waals surface area contributed by atoms with Crippen LogP contribution in [0.1, 0.15) is 46.5 Å². The number of Topliss-reactive ketones (excluding diaryl/α,β-unsaturated/α-hetero) is 1. The van der Waals surface area contributed by atoms with E-state index in [1.165, 1.54) is 6.08 Å². The van der Waals surface area contributed by atoms with Gasteiger partial charge in [-0.15, -0.1) is 11.6 Å². The van der Waals surface area contributed by atoms with E-state index in [-0.39, 0.29) is 36.4 Å². The zero-order valence-corrected chi connectivity index (χ0v) is 17.4. The molecule has 0 bridgehead atoms. The maximum atomic E-state index is 12.5. The molecule has 4 aliphatic rings. The van der Waals surface area contributed by atoms with Crippen LogP contribution < -0.4 is 0 Å². The van der Waals surface area contributed by atoms with E-state index >= 15 is 0 Å². The molecule has 0 aliphatic heterocycles. The van der Waals surface area contributed by atoms with Crippen LogP contribution in [-0.2, 0) is 9.59 Å². The molecule has 2 unspecified atom stereocenters. The summed E-state index contributed by atoms with van der Waals surface area (Å²) in [5, 5.41) is 32.1. The second-order valence-corrected chi connectivity index (χ2v) is 10.4. The fraction of sp³-hybridized carbons (Fsp3) is 0.727. The van der Waals surface area contributed by atoms with Gasteiger partial charge in [-0.1, -0.05) is 32.4 Å². The monoisotopic (exact) mass is 408 g/mol. The summed E-state index contributed by atoms with van der Waals surface area (Å²) in [4.78, 5) is 23.5. The Morgan fingerprint density at radius 3 is 2.64 bits per heavy atom. The molecule has 6 heteroatoms. The fourth-order valence-corrected chi connectivity index (χ4v) is 7.68. The Bertz CT molecular complexity index is 805. The summed E-state index contributed by atoms with van der Waals surface area (Å²) in [6.45, 7) is 5.21. The van der Waals surface area contributed by atoms with Crippen LogP contribution in [0.2, 0.25) is 0 Å². The number of aliphatic hydroxyl groups is 3. The number of halogens is 1. The van der Waals surface area contributed by atoms with Gasteiger partial charge in [0, 0.05) is 10.8 Å². The van der Waals surface area contributed by atoms with E-state index in [9.17, 15) is 24.9 Å². The average Bonchev–Trinajstić information content (AvgIpc) is 2.91. The summed E-state index contributed by atoms with van der Waals surface area (Å²) < 4.78 is 0. The van der Waals surface area contributed by atoms with Gasteiger partial charge >= 0.3 is 0 Å². The van der Waals surface area contributed by atoms with Crippen LogP contribution >= 0.6 is 11.6 Å². The van der Waals surface area contributed by atoms with Crippen molar-refractivity contribution >= 4 is 23.2 Å². The maximum Gasteiger partial charge on any atom is 0.190 e. The molecule has 0 heterocycles. The van der Waals surface area contributed by atoms with Crippen molar-refractivity contribution in [3.63, 3.8) is 0 Å². The third-order valence-corrected chi connectivity index (χ3v) is 9.65. The number of rotatable bonds is 2. The minimum Gasteiger partial charge on any atom is -0.391 e. The second kappa shape index (κ2) is 6.00. The quantitative estimate of drug-likeness (QED) is 0.608. The molecule has 5 nitrogen and oxygen atoms in total. The molecule has 0 aromatic carbocycles. The first kappa shape index (κ1) is 20.3. The van der Waals surface area contributed by atoms with Crippen molar-refractivity contribution in [2.45, 2.75) is 63.0 Å². The lowest BCUT2D eigenvalue weighted by Crippen LogP contribution is -2.69. The molecule has 0 spiro atoms. The normalized spacial score (nSPS) is 52.5. The zero-order valence-electron chi connectivity index (χ0n) is 16.6. The van der Waals surface area contributed by atoms with Crippen molar-refractivity contribution in [1.82, 2.24) is 0 Å². The molecule has 3 N–H and O–H groups in total. The van der Waals surface area contributed by atoms with Gasteiger partial charge in [-0.3, -0.25) is 9.59 Å². The smallest absolute Gasteiger partial charge is 0.190 e. The van der Waals surface area contributed by atoms with Crippen molar-refractivity contribution in [2.75, 3.05) is 6.61 Å². The highest BCUT2D eigenvalue weighted by atomic mass is 35.5. The van der Waals surface area contributed by atoms with Crippen LogP contribution in [0, 0.1) is 28.6 Å². The third kappa shape index (κ3) is 2.14. The van der Waals surface area contributed by atoms with Gasteiger partial charge in [0.05, 0.1) is 11.0 Å². The molecule has 0 radical (unpaired) electrons. The number of carbonyl (C=O) groups is 2. The van der Waals surface area contributed by atoms with Crippen LogP contribution in [0.15, 0.2) is 23.8 Å². The van der Waals surface area contributed by atoms with Crippen LogP contribution in [0.3, 0.4) is 0 Å². The van der Waals surface area contributed by atoms with E-state index < -0.39 is 39.8 Å². The summed E-state index contributed by atoms with van der Waals surface area (Å²) in [7, 11) is 0. The van der Waals surface area contributed by atoms with Crippen LogP contribution in [0.4, 0.5) is 0 Å². The minimum atomic E-state index is -1.65. The zero-order chi connectivity index (χ0) is 20.7. The standard InChI is InChI=1S/C22H29ClO5/c1-12-8-16-14-5-7-21(28,18(27)11-24)20(14,3)10-17(26)22(16,23)19(2)6-4-13(25)9-15(12)19/h4,6,9,12,14,16-17,24,26,28H,5,7-8,10-11H2,1-3H3/t12?,14-,16-,17?,19-,20-,21-,22-/m0/s1. The van der Waals surface area contributed by atoms with Gasteiger partial charge in [0.15, 0.2) is 11.6 Å². The summed E-state index contributed by atoms with van der Waals surface area (Å²) in [6.07, 6.45) is 5.82. The van der Waals surface area contributed by atoms with Gasteiger partial charge in [-0.05, 0) is 55.6 Å². The highest BCUT2D eigenvalue weighted by Gasteiger charge is 2.73. The van der Waals surface area contributed by atoms with Gasteiger partial charge in [0.25, 0.3) is 0 Å². The lowest BCUT2D eigenvalue weighted by molar-refractivity contribution is -0.175. The number of aliphatic hydroxyl groups excluding tert-OH is 2. The number of hydrogen-bond donors (Lipinski definition) is 3. The van der Waals surface area contributed by atoms with Gasteiger partial charge in [0.2, 0.25) is 0 Å². The first-order valence-electron chi connectivity index (χ1n) is 10.1. The Hall–Kier alpha value is -1.01. The molecule has 0 aromatic heterocycles. The van der Waals surface area contributed by atoms with Crippen molar-refractivity contribution in [3.8, 4) is 0 Å². The van der Waals surface area contributed by atoms with Gasteiger partial charge in [-0.25, -0.2) is 0 Å². The molecule has 8 atom stereocenters. The van der Waals surface area contributed by atoms with Crippen molar-refractivity contribution in [1.29, 1.82) is 0 Å². The van der Waals surface area contributed by atoms with Crippen LogP contribution in [-0.4, -0.2) is 50.1 Å². The molecule has 4 aliphatic carbocycles. The maximum absolute atomic E-state index is 12.5. The predicted octanol–water partition coefficient (Wildman–Crippen LogP) is 2.17. The highest BCUT2D eigenvalue weighted by molar-refractivity contribution is 6.26. The predicted molar refractivity (Wildman–Crippen MR) is 105 cm³/mol. The Kier molecular flexibility index (Phi) is 4.35. The van der Waals surface area contributed by atoms with Gasteiger partial charge < -0.3 is 15.3 Å². The summed E-state index contributed by atoms with van der Waals surface area (Å²) in [5.74, 6) is -0.714. The number of ketones is 2. The Morgan fingerprint density at radius 2 is 2.00 bits per heavy atom. The molecule has 3 saturated carbocycles.